The van der Waals surface area contributed by atoms with Gasteiger partial charge in [0.2, 0.25) is 0 Å². The molecule has 0 aliphatic rings. The van der Waals surface area contributed by atoms with Crippen LogP contribution in [0.25, 0.3) is 0 Å². The van der Waals surface area contributed by atoms with Crippen LogP contribution in [0.3, 0.4) is 0 Å². The van der Waals surface area contributed by atoms with Crippen LogP contribution in [0.2, 0.25) is 0 Å². The van der Waals surface area contributed by atoms with Crippen LogP contribution >= 0.6 is 30.5 Å². The van der Waals surface area contributed by atoms with Crippen LogP contribution in [0.15, 0.2) is 154 Å². The molecule has 0 saturated carbocycles. The Bertz CT molecular complexity index is 2220. The zero-order valence-corrected chi connectivity index (χ0v) is 36.2. The fourth-order valence-corrected chi connectivity index (χ4v) is 17.7. The molecular weight excluding hydrogens is 926 g/mol. The van der Waals surface area contributed by atoms with Crippen LogP contribution in [-0.4, -0.2) is 33.3 Å². The van der Waals surface area contributed by atoms with E-state index >= 15 is 26.3 Å². The van der Waals surface area contributed by atoms with Gasteiger partial charge in [0.05, 0.1) is 0 Å². The molecule has 0 atom stereocenters. The molecule has 0 saturated heterocycles. The zero-order valence-electron chi connectivity index (χ0n) is 31.6. The van der Waals surface area contributed by atoms with E-state index in [0.29, 0.717) is 0 Å². The van der Waals surface area contributed by atoms with Gasteiger partial charge in [-0.1, -0.05) is 0 Å². The summed E-state index contributed by atoms with van der Waals surface area (Å²) in [5.74, 6) is -7.14. The third-order valence-corrected chi connectivity index (χ3v) is 21.3. The van der Waals surface area contributed by atoms with E-state index in [1.54, 1.807) is 24.3 Å². The van der Waals surface area contributed by atoms with Crippen LogP contribution in [0.5, 0.6) is 0 Å². The molecule has 0 aromatic heterocycles. The molecule has 308 valence electrons. The van der Waals surface area contributed by atoms with E-state index in [-0.39, 0.29) is 21.8 Å². The van der Waals surface area contributed by atoms with Crippen LogP contribution in [0.1, 0.15) is 52.7 Å². The molecule has 57 heavy (non-hydrogen) atoms. The molecule has 0 aliphatic carbocycles. The maximum absolute atomic E-state index is 16.1. The minimum absolute atomic E-state index is 0.0584. The summed E-state index contributed by atoms with van der Waals surface area (Å²) < 4.78 is 161. The van der Waals surface area contributed by atoms with Crippen LogP contribution < -0.4 is 0 Å². The Morgan fingerprint density at radius 3 is 1.04 bits per heavy atom. The molecule has 5 rings (SSSR count). The Morgan fingerprint density at radius 1 is 0.439 bits per heavy atom. The van der Waals surface area contributed by atoms with Crippen LogP contribution in [-0.2, 0) is 37.2 Å². The average Bonchev–Trinajstić information content (AvgIpc) is 3.16. The summed E-state index contributed by atoms with van der Waals surface area (Å²) in [4.78, 5) is -0.216. The van der Waals surface area contributed by atoms with Crippen molar-refractivity contribution in [1.29, 1.82) is 0 Å². The summed E-state index contributed by atoms with van der Waals surface area (Å²) in [5.41, 5.74) is 0.728. The van der Waals surface area contributed by atoms with E-state index in [1.165, 1.54) is 115 Å². The molecule has 5 aromatic rings. The topological polar surface area (TPSA) is 86.7 Å². The Balaban J connectivity index is 1.61. The van der Waals surface area contributed by atoms with Crippen molar-refractivity contribution >= 4 is 50.8 Å². The number of rotatable bonds is 13. The fourth-order valence-electron chi connectivity index (χ4n) is 5.47. The molecule has 0 amide bonds. The Hall–Kier alpha value is -3.42. The first-order chi connectivity index (χ1) is 26.3. The predicted octanol–water partition coefficient (Wildman–Crippen LogP) is 12.2. The Morgan fingerprint density at radius 2 is 0.737 bits per heavy atom. The zero-order chi connectivity index (χ0) is 42.3. The van der Waals surface area contributed by atoms with E-state index < -0.39 is 78.0 Å². The second-order valence-electron chi connectivity index (χ2n) is 14.9. The minimum atomic E-state index is -7.17. The summed E-state index contributed by atoms with van der Waals surface area (Å²) in [7, 11) is -18.2. The molecular formula is C41H41F6IO6S3. The maximum atomic E-state index is 16.1. The molecule has 6 nitrogen and oxygen atoms in total. The van der Waals surface area contributed by atoms with E-state index in [1.807, 2.05) is 41.5 Å². The van der Waals surface area contributed by atoms with Crippen molar-refractivity contribution in [1.82, 2.24) is 0 Å². The molecule has 0 fully saturated rings. The Kier molecular flexibility index (Phi) is 12.5. The monoisotopic (exact) mass is 966 g/mol. The first-order valence-electron chi connectivity index (χ1n) is 17.2. The molecule has 16 heteroatoms. The van der Waals surface area contributed by atoms with Crippen molar-refractivity contribution in [2.45, 2.75) is 83.5 Å². The number of halogens is 7. The van der Waals surface area contributed by atoms with Gasteiger partial charge >= 0.3 is 341 Å². The summed E-state index contributed by atoms with van der Waals surface area (Å²) in [6.45, 7) is 11.3. The van der Waals surface area contributed by atoms with Gasteiger partial charge in [-0.05, 0) is 0 Å². The molecule has 0 radical (unpaired) electrons. The van der Waals surface area contributed by atoms with Crippen LogP contribution in [0, 0.1) is 7.14 Å². The van der Waals surface area contributed by atoms with Gasteiger partial charge in [-0.15, -0.1) is 0 Å². The van der Waals surface area contributed by atoms with Crippen molar-refractivity contribution in [2.24, 2.45) is 0 Å². The molecule has 0 bridgehead atoms. The quantitative estimate of drug-likeness (QED) is 0.0863. The molecule has 0 heterocycles. The fraction of sp³-hybridized carbons (Fsp3) is 0.268. The van der Waals surface area contributed by atoms with Crippen molar-refractivity contribution < 1.29 is 49.3 Å². The summed E-state index contributed by atoms with van der Waals surface area (Å²) >= 11 is -4.22. The van der Waals surface area contributed by atoms with Gasteiger partial charge in [0.25, 0.3) is 0 Å². The van der Waals surface area contributed by atoms with Gasteiger partial charge in [0.15, 0.2) is 0 Å². The number of alkyl halides is 6. The SMILES string of the molecule is CC(C)(C)c1ccc(I(OS(=O)(=O)C(F)(F)C(F)(F)C(F)(F)S(=O)(=O)OS(c2ccccc2)(c2ccccc2)c2ccccc2)c2ccc(C(C)(C)C)cc2)cc1. The molecule has 0 spiro atoms. The van der Waals surface area contributed by atoms with Gasteiger partial charge in [-0.2, -0.15) is 0 Å². The summed E-state index contributed by atoms with van der Waals surface area (Å²) in [6, 6.07) is 32.8. The van der Waals surface area contributed by atoms with Crippen LogP contribution in [0.4, 0.5) is 26.3 Å². The first-order valence-corrected chi connectivity index (χ1v) is 24.6. The van der Waals surface area contributed by atoms with Crippen molar-refractivity contribution in [3.63, 3.8) is 0 Å². The number of hydrogen-bond donors (Lipinski definition) is 0. The number of hydrogen-bond acceptors (Lipinski definition) is 6. The second kappa shape index (κ2) is 16.0. The second-order valence-corrected chi connectivity index (χ2v) is 25.9. The normalized spacial score (nSPS) is 14.3. The van der Waals surface area contributed by atoms with E-state index in [9.17, 15) is 16.8 Å². The molecule has 0 N–H and O–H groups in total. The van der Waals surface area contributed by atoms with Crippen molar-refractivity contribution in [2.75, 3.05) is 0 Å². The standard InChI is InChI=1S/C41H41F6IO6S3/c1-37(2,3)30-22-26-32(27-23-30)48(33-28-24-31(25-29-33)38(4,5)6)53-56(49,50)40(44,45)39(42,43)41(46,47)57(51,52)54-55(34-16-10-7-11-17-34,35-18-12-8-13-19-35)36-20-14-9-15-21-36/h7-29H,1-6H3. The number of benzene rings is 5. The first kappa shape index (κ1) is 44.7. The van der Waals surface area contributed by atoms with Crippen molar-refractivity contribution in [3.05, 3.63) is 158 Å². The molecule has 0 unspecified atom stereocenters. The van der Waals surface area contributed by atoms with E-state index in [4.69, 9.17) is 6.14 Å². The van der Waals surface area contributed by atoms with E-state index in [2.05, 4.69) is 0 Å². The summed E-state index contributed by atoms with van der Waals surface area (Å²) in [5, 5.41) is -13.7. The van der Waals surface area contributed by atoms with Gasteiger partial charge in [-0.3, -0.25) is 0 Å². The predicted molar refractivity (Wildman–Crippen MR) is 218 cm³/mol. The third-order valence-electron chi connectivity index (χ3n) is 8.74. The molecule has 5 aromatic carbocycles. The third kappa shape index (κ3) is 8.53. The molecule has 0 aliphatic heterocycles. The van der Waals surface area contributed by atoms with Gasteiger partial charge in [0.1, 0.15) is 0 Å². The summed E-state index contributed by atoms with van der Waals surface area (Å²) in [6.07, 6.45) is 0. The van der Waals surface area contributed by atoms with Gasteiger partial charge in [0, 0.05) is 0 Å². The average molecular weight is 967 g/mol. The van der Waals surface area contributed by atoms with Gasteiger partial charge in [-0.25, -0.2) is 0 Å². The van der Waals surface area contributed by atoms with Crippen molar-refractivity contribution in [3.8, 4) is 0 Å². The van der Waals surface area contributed by atoms with E-state index in [0.717, 1.165) is 11.1 Å². The Labute approximate surface area is 339 Å². The van der Waals surface area contributed by atoms with Gasteiger partial charge < -0.3 is 0 Å².